The largest absolute Gasteiger partial charge is 0.395 e. The number of aromatic nitrogens is 2. The standard InChI is InChI=1S/C19H24N4O4/c1-27-10-9-23-12-16(11-20-23)21-17(25)18(26)22-8-7-19(13-22,14-24)15-5-3-2-4-6-15/h2-6,11-12,24H,7-10,13-14H2,1H3,(H,21,25). The van der Waals surface area contributed by atoms with Gasteiger partial charge in [0.15, 0.2) is 0 Å². The van der Waals surface area contributed by atoms with Gasteiger partial charge in [-0.2, -0.15) is 5.10 Å². The Morgan fingerprint density at radius 2 is 2.11 bits per heavy atom. The Morgan fingerprint density at radius 3 is 2.81 bits per heavy atom. The van der Waals surface area contributed by atoms with Gasteiger partial charge in [0.2, 0.25) is 0 Å². The minimum absolute atomic E-state index is 0.0747. The summed E-state index contributed by atoms with van der Waals surface area (Å²) >= 11 is 0. The van der Waals surface area contributed by atoms with Gasteiger partial charge < -0.3 is 20.1 Å². The number of amides is 2. The maximum absolute atomic E-state index is 12.5. The first-order valence-corrected chi connectivity index (χ1v) is 8.86. The molecule has 1 atom stereocenters. The summed E-state index contributed by atoms with van der Waals surface area (Å²) in [4.78, 5) is 26.4. The summed E-state index contributed by atoms with van der Waals surface area (Å²) in [5.74, 6) is -1.31. The van der Waals surface area contributed by atoms with E-state index in [9.17, 15) is 14.7 Å². The average Bonchev–Trinajstić information content (AvgIpc) is 3.34. The van der Waals surface area contributed by atoms with E-state index in [1.807, 2.05) is 30.3 Å². The minimum Gasteiger partial charge on any atom is -0.395 e. The minimum atomic E-state index is -0.705. The van der Waals surface area contributed by atoms with E-state index in [0.29, 0.717) is 38.3 Å². The average molecular weight is 372 g/mol. The van der Waals surface area contributed by atoms with E-state index in [1.54, 1.807) is 18.0 Å². The number of rotatable bonds is 6. The molecule has 1 aliphatic heterocycles. The molecule has 2 aromatic rings. The molecule has 1 unspecified atom stereocenters. The first-order chi connectivity index (χ1) is 13.1. The van der Waals surface area contributed by atoms with Crippen LogP contribution in [0.1, 0.15) is 12.0 Å². The predicted molar refractivity (Wildman–Crippen MR) is 99.1 cm³/mol. The van der Waals surface area contributed by atoms with Gasteiger partial charge in [0.25, 0.3) is 0 Å². The van der Waals surface area contributed by atoms with E-state index >= 15 is 0 Å². The Labute approximate surface area is 157 Å². The number of nitrogens with one attached hydrogen (secondary N) is 1. The van der Waals surface area contributed by atoms with Crippen LogP contribution in [0.15, 0.2) is 42.7 Å². The molecule has 1 saturated heterocycles. The fourth-order valence-corrected chi connectivity index (χ4v) is 3.36. The summed E-state index contributed by atoms with van der Waals surface area (Å²) < 4.78 is 6.61. The number of likely N-dealkylation sites (tertiary alicyclic amines) is 1. The molecular weight excluding hydrogens is 348 g/mol. The molecule has 0 saturated carbocycles. The second-order valence-electron chi connectivity index (χ2n) is 6.72. The quantitative estimate of drug-likeness (QED) is 0.725. The van der Waals surface area contributed by atoms with E-state index < -0.39 is 17.2 Å². The van der Waals surface area contributed by atoms with Gasteiger partial charge >= 0.3 is 11.8 Å². The Hall–Kier alpha value is -2.71. The van der Waals surface area contributed by atoms with Crippen molar-refractivity contribution in [3.8, 4) is 0 Å². The van der Waals surface area contributed by atoms with Gasteiger partial charge in [-0.15, -0.1) is 0 Å². The van der Waals surface area contributed by atoms with Crippen LogP contribution in [0.5, 0.6) is 0 Å². The second kappa shape index (κ2) is 8.32. The molecule has 0 radical (unpaired) electrons. The normalized spacial score (nSPS) is 19.3. The van der Waals surface area contributed by atoms with Crippen molar-refractivity contribution in [2.75, 3.05) is 38.7 Å². The highest BCUT2D eigenvalue weighted by Crippen LogP contribution is 2.34. The van der Waals surface area contributed by atoms with Crippen LogP contribution >= 0.6 is 0 Å². The van der Waals surface area contributed by atoms with Crippen LogP contribution < -0.4 is 5.32 Å². The number of aliphatic hydroxyl groups is 1. The van der Waals surface area contributed by atoms with Crippen molar-refractivity contribution >= 4 is 17.5 Å². The lowest BCUT2D eigenvalue weighted by Gasteiger charge is -2.27. The zero-order valence-electron chi connectivity index (χ0n) is 15.3. The Kier molecular flexibility index (Phi) is 5.88. The van der Waals surface area contributed by atoms with Crippen LogP contribution in [0.3, 0.4) is 0 Å². The highest BCUT2D eigenvalue weighted by Gasteiger charge is 2.42. The summed E-state index contributed by atoms with van der Waals surface area (Å²) in [5, 5.41) is 16.6. The van der Waals surface area contributed by atoms with Gasteiger partial charge in [0, 0.05) is 31.8 Å². The van der Waals surface area contributed by atoms with Gasteiger partial charge in [-0.3, -0.25) is 14.3 Å². The zero-order valence-corrected chi connectivity index (χ0v) is 15.3. The molecule has 1 aromatic carbocycles. The lowest BCUT2D eigenvalue weighted by atomic mass is 9.80. The molecule has 2 heterocycles. The maximum atomic E-state index is 12.5. The smallest absolute Gasteiger partial charge is 0.313 e. The molecular formula is C19H24N4O4. The van der Waals surface area contributed by atoms with Crippen molar-refractivity contribution in [2.24, 2.45) is 0 Å². The molecule has 2 N–H and O–H groups in total. The number of benzene rings is 1. The second-order valence-corrected chi connectivity index (χ2v) is 6.72. The number of carbonyl (C=O) groups is 2. The first-order valence-electron chi connectivity index (χ1n) is 8.86. The maximum Gasteiger partial charge on any atom is 0.313 e. The van der Waals surface area contributed by atoms with Crippen molar-refractivity contribution in [3.63, 3.8) is 0 Å². The Bertz CT molecular complexity index is 792. The number of hydrogen-bond donors (Lipinski definition) is 2. The number of aliphatic hydroxyl groups excluding tert-OH is 1. The molecule has 1 aromatic heterocycles. The van der Waals surface area contributed by atoms with Crippen molar-refractivity contribution in [1.82, 2.24) is 14.7 Å². The number of methoxy groups -OCH3 is 1. The topological polar surface area (TPSA) is 96.7 Å². The SMILES string of the molecule is COCCn1cc(NC(=O)C(=O)N2CCC(CO)(c3ccccc3)C2)cn1. The molecule has 0 aliphatic carbocycles. The van der Waals surface area contributed by atoms with E-state index in [-0.39, 0.29) is 6.61 Å². The van der Waals surface area contributed by atoms with Gasteiger partial charge in [-0.25, -0.2) is 0 Å². The number of ether oxygens (including phenoxy) is 1. The fourth-order valence-electron chi connectivity index (χ4n) is 3.36. The summed E-state index contributed by atoms with van der Waals surface area (Å²) in [7, 11) is 1.60. The van der Waals surface area contributed by atoms with E-state index in [0.717, 1.165) is 5.56 Å². The molecule has 144 valence electrons. The summed E-state index contributed by atoms with van der Waals surface area (Å²) in [5.41, 5.74) is 0.908. The van der Waals surface area contributed by atoms with Crippen molar-refractivity contribution in [1.29, 1.82) is 0 Å². The Morgan fingerprint density at radius 1 is 1.33 bits per heavy atom. The van der Waals surface area contributed by atoms with Gasteiger partial charge in [-0.05, 0) is 12.0 Å². The van der Waals surface area contributed by atoms with Gasteiger partial charge in [0.05, 0.1) is 31.6 Å². The molecule has 8 heteroatoms. The van der Waals surface area contributed by atoms with Crippen LogP contribution in [0, 0.1) is 0 Å². The number of hydrogen-bond acceptors (Lipinski definition) is 5. The van der Waals surface area contributed by atoms with Crippen LogP contribution in [0.2, 0.25) is 0 Å². The number of carbonyl (C=O) groups excluding carboxylic acids is 2. The van der Waals surface area contributed by atoms with Crippen LogP contribution in [-0.4, -0.2) is 65.0 Å². The van der Waals surface area contributed by atoms with Gasteiger partial charge in [-0.1, -0.05) is 30.3 Å². The molecule has 0 bridgehead atoms. The highest BCUT2D eigenvalue weighted by molar-refractivity contribution is 6.39. The monoisotopic (exact) mass is 372 g/mol. The van der Waals surface area contributed by atoms with E-state index in [4.69, 9.17) is 4.74 Å². The van der Waals surface area contributed by atoms with Crippen molar-refractivity contribution in [3.05, 3.63) is 48.3 Å². The summed E-state index contributed by atoms with van der Waals surface area (Å²) in [6.45, 7) is 1.73. The molecule has 1 aliphatic rings. The molecule has 2 amide bonds. The number of anilines is 1. The lowest BCUT2D eigenvalue weighted by Crippen LogP contribution is -2.41. The number of nitrogens with zero attached hydrogens (tertiary/aromatic N) is 3. The van der Waals surface area contributed by atoms with Crippen molar-refractivity contribution in [2.45, 2.75) is 18.4 Å². The molecule has 1 fully saturated rings. The summed E-state index contributed by atoms with van der Waals surface area (Å²) in [6.07, 6.45) is 3.75. The van der Waals surface area contributed by atoms with Crippen LogP contribution in [0.4, 0.5) is 5.69 Å². The fraction of sp³-hybridized carbons (Fsp3) is 0.421. The van der Waals surface area contributed by atoms with E-state index in [2.05, 4.69) is 10.4 Å². The lowest BCUT2D eigenvalue weighted by molar-refractivity contribution is -0.142. The third-order valence-electron chi connectivity index (χ3n) is 4.94. The van der Waals surface area contributed by atoms with Crippen molar-refractivity contribution < 1.29 is 19.4 Å². The molecule has 27 heavy (non-hydrogen) atoms. The molecule has 0 spiro atoms. The van der Waals surface area contributed by atoms with Gasteiger partial charge in [0.1, 0.15) is 0 Å². The third-order valence-corrected chi connectivity index (χ3v) is 4.94. The first kappa shape index (κ1) is 19.1. The molecule has 8 nitrogen and oxygen atoms in total. The zero-order chi connectivity index (χ0) is 19.3. The predicted octanol–water partition coefficient (Wildman–Crippen LogP) is 0.631. The molecule has 3 rings (SSSR count). The van der Waals surface area contributed by atoms with Crippen LogP contribution in [0.25, 0.3) is 0 Å². The van der Waals surface area contributed by atoms with E-state index in [1.165, 1.54) is 11.1 Å². The highest BCUT2D eigenvalue weighted by atomic mass is 16.5. The van der Waals surface area contributed by atoms with Crippen LogP contribution in [-0.2, 0) is 26.3 Å². The summed E-state index contributed by atoms with van der Waals surface area (Å²) in [6, 6.07) is 9.61. The Balaban J connectivity index is 1.62. The third kappa shape index (κ3) is 4.17.